The highest BCUT2D eigenvalue weighted by atomic mass is 16.5. The number of amides is 1. The lowest BCUT2D eigenvalue weighted by atomic mass is 10.1. The molecule has 1 amide bonds. The van der Waals surface area contributed by atoms with Gasteiger partial charge >= 0.3 is 0 Å². The standard InChI is InChI=1S/C26H26N6O2/c1-18-20(19(2)32-26(28-18)21-7-3-4-8-22(21)30-32)11-12-25(33)29-23-9-5-6-10-24(23)34-16-15-31-14-13-27-17-31/h3-10,13-14,17H,11-12,15-16H2,1-2H3,(H,29,33). The van der Waals surface area contributed by atoms with Crippen LogP contribution in [0.15, 0.2) is 67.3 Å². The van der Waals surface area contributed by atoms with E-state index in [-0.39, 0.29) is 5.91 Å². The number of aromatic nitrogens is 5. The minimum atomic E-state index is -0.0739. The Labute approximate surface area is 197 Å². The number of benzene rings is 2. The molecule has 172 valence electrons. The molecule has 0 saturated carbocycles. The maximum absolute atomic E-state index is 12.8. The Morgan fingerprint density at radius 2 is 1.91 bits per heavy atom. The fourth-order valence-corrected chi connectivity index (χ4v) is 4.17. The van der Waals surface area contributed by atoms with Crippen molar-refractivity contribution in [1.82, 2.24) is 24.1 Å². The molecule has 0 atom stereocenters. The van der Waals surface area contributed by atoms with Crippen molar-refractivity contribution in [1.29, 1.82) is 0 Å². The van der Waals surface area contributed by atoms with Gasteiger partial charge in [0.15, 0.2) is 5.65 Å². The Hall–Kier alpha value is -4.20. The smallest absolute Gasteiger partial charge is 0.224 e. The molecule has 0 aliphatic carbocycles. The van der Waals surface area contributed by atoms with Crippen LogP contribution in [-0.2, 0) is 17.8 Å². The number of nitrogens with one attached hydrogen (secondary N) is 1. The van der Waals surface area contributed by atoms with Crippen LogP contribution in [0.4, 0.5) is 5.69 Å². The topological polar surface area (TPSA) is 86.3 Å². The average molecular weight is 455 g/mol. The minimum absolute atomic E-state index is 0.0739. The van der Waals surface area contributed by atoms with Crippen LogP contribution in [0.2, 0.25) is 0 Å². The molecule has 1 N–H and O–H groups in total. The van der Waals surface area contributed by atoms with E-state index in [1.165, 1.54) is 0 Å². The Morgan fingerprint density at radius 1 is 1.09 bits per heavy atom. The van der Waals surface area contributed by atoms with Crippen LogP contribution in [-0.4, -0.2) is 36.7 Å². The molecule has 8 nitrogen and oxygen atoms in total. The van der Waals surface area contributed by atoms with Crippen LogP contribution < -0.4 is 10.1 Å². The van der Waals surface area contributed by atoms with E-state index < -0.39 is 0 Å². The third-order valence-corrected chi connectivity index (χ3v) is 5.95. The number of anilines is 1. The van der Waals surface area contributed by atoms with Gasteiger partial charge in [-0.1, -0.05) is 24.3 Å². The normalized spacial score (nSPS) is 11.2. The van der Waals surface area contributed by atoms with Crippen LogP contribution in [0.1, 0.15) is 23.4 Å². The van der Waals surface area contributed by atoms with Gasteiger partial charge < -0.3 is 14.6 Å². The van der Waals surface area contributed by atoms with Crippen molar-refractivity contribution in [3.05, 3.63) is 84.2 Å². The van der Waals surface area contributed by atoms with Gasteiger partial charge in [-0.15, -0.1) is 0 Å². The van der Waals surface area contributed by atoms with Crippen molar-refractivity contribution in [2.45, 2.75) is 33.2 Å². The van der Waals surface area contributed by atoms with Crippen molar-refractivity contribution in [2.24, 2.45) is 0 Å². The molecule has 5 aromatic rings. The molecule has 0 radical (unpaired) electrons. The highest BCUT2D eigenvalue weighted by molar-refractivity contribution is 5.93. The first-order valence-corrected chi connectivity index (χ1v) is 11.3. The summed E-state index contributed by atoms with van der Waals surface area (Å²) in [5.74, 6) is 0.574. The molecule has 34 heavy (non-hydrogen) atoms. The number of nitrogens with zero attached hydrogens (tertiary/aromatic N) is 5. The third-order valence-electron chi connectivity index (χ3n) is 5.95. The molecule has 8 heteroatoms. The van der Waals surface area contributed by atoms with Crippen LogP contribution in [0.3, 0.4) is 0 Å². The monoisotopic (exact) mass is 454 g/mol. The summed E-state index contributed by atoms with van der Waals surface area (Å²) in [6, 6.07) is 15.5. The molecule has 2 aromatic carbocycles. The Balaban J connectivity index is 1.26. The van der Waals surface area contributed by atoms with Crippen molar-refractivity contribution in [3.63, 3.8) is 0 Å². The quantitative estimate of drug-likeness (QED) is 0.377. The van der Waals surface area contributed by atoms with E-state index in [1.807, 2.05) is 77.7 Å². The summed E-state index contributed by atoms with van der Waals surface area (Å²) in [5, 5.41) is 8.73. The highest BCUT2D eigenvalue weighted by Crippen LogP contribution is 2.25. The van der Waals surface area contributed by atoms with E-state index in [4.69, 9.17) is 14.8 Å². The second-order valence-electron chi connectivity index (χ2n) is 8.21. The molecular weight excluding hydrogens is 428 g/mol. The molecule has 0 fully saturated rings. The largest absolute Gasteiger partial charge is 0.490 e. The van der Waals surface area contributed by atoms with Gasteiger partial charge in [0.2, 0.25) is 5.91 Å². The molecule has 3 heterocycles. The Bertz CT molecular complexity index is 1460. The number of imidazole rings is 1. The number of carbonyl (C=O) groups excluding carboxylic acids is 1. The number of aryl methyl sites for hydroxylation is 2. The number of para-hydroxylation sites is 2. The zero-order valence-electron chi connectivity index (χ0n) is 19.2. The zero-order valence-corrected chi connectivity index (χ0v) is 19.2. The Morgan fingerprint density at radius 3 is 2.76 bits per heavy atom. The highest BCUT2D eigenvalue weighted by Gasteiger charge is 2.15. The third kappa shape index (κ3) is 4.34. The number of hydrogen-bond donors (Lipinski definition) is 1. The minimum Gasteiger partial charge on any atom is -0.490 e. The van der Waals surface area contributed by atoms with E-state index in [0.29, 0.717) is 37.4 Å². The van der Waals surface area contributed by atoms with Gasteiger partial charge in [-0.25, -0.2) is 14.5 Å². The van der Waals surface area contributed by atoms with E-state index in [0.717, 1.165) is 33.5 Å². The summed E-state index contributed by atoms with van der Waals surface area (Å²) in [4.78, 5) is 21.6. The Kier molecular flexibility index (Phi) is 5.95. The maximum atomic E-state index is 12.8. The molecule has 0 saturated heterocycles. The first-order valence-electron chi connectivity index (χ1n) is 11.3. The summed E-state index contributed by atoms with van der Waals surface area (Å²) >= 11 is 0. The zero-order chi connectivity index (χ0) is 23.5. The molecule has 0 unspecified atom stereocenters. The summed E-state index contributed by atoms with van der Waals surface area (Å²) < 4.78 is 9.73. The molecule has 3 aromatic heterocycles. The SMILES string of the molecule is Cc1nc2c3ccccc3nn2c(C)c1CCC(=O)Nc1ccccc1OCCn1ccnc1. The second-order valence-corrected chi connectivity index (χ2v) is 8.21. The first-order chi connectivity index (χ1) is 16.6. The maximum Gasteiger partial charge on any atom is 0.224 e. The van der Waals surface area contributed by atoms with Gasteiger partial charge in [-0.05, 0) is 50.1 Å². The van der Waals surface area contributed by atoms with Crippen LogP contribution >= 0.6 is 0 Å². The predicted molar refractivity (Wildman–Crippen MR) is 131 cm³/mol. The molecule has 0 aliphatic heterocycles. The fourth-order valence-electron chi connectivity index (χ4n) is 4.17. The lowest BCUT2D eigenvalue weighted by Gasteiger charge is -2.14. The lowest BCUT2D eigenvalue weighted by molar-refractivity contribution is -0.116. The van der Waals surface area contributed by atoms with Gasteiger partial charge in [0.05, 0.1) is 24.1 Å². The predicted octanol–water partition coefficient (Wildman–Crippen LogP) is 4.35. The van der Waals surface area contributed by atoms with Crippen LogP contribution in [0.25, 0.3) is 16.6 Å². The van der Waals surface area contributed by atoms with Gasteiger partial charge in [0, 0.05) is 35.6 Å². The van der Waals surface area contributed by atoms with E-state index in [9.17, 15) is 4.79 Å². The van der Waals surface area contributed by atoms with Gasteiger partial charge in [-0.3, -0.25) is 4.79 Å². The van der Waals surface area contributed by atoms with E-state index >= 15 is 0 Å². The van der Waals surface area contributed by atoms with Crippen molar-refractivity contribution in [2.75, 3.05) is 11.9 Å². The molecule has 0 aliphatic rings. The van der Waals surface area contributed by atoms with Gasteiger partial charge in [0.1, 0.15) is 12.4 Å². The molecule has 0 spiro atoms. The van der Waals surface area contributed by atoms with E-state index in [2.05, 4.69) is 10.3 Å². The summed E-state index contributed by atoms with van der Waals surface area (Å²) in [6.45, 7) is 5.18. The molecule has 0 bridgehead atoms. The van der Waals surface area contributed by atoms with Gasteiger partial charge in [0.25, 0.3) is 0 Å². The number of fused-ring (bicyclic) bond motifs is 3. The van der Waals surface area contributed by atoms with Crippen LogP contribution in [0.5, 0.6) is 5.75 Å². The van der Waals surface area contributed by atoms with Crippen molar-refractivity contribution in [3.8, 4) is 5.75 Å². The molecular formula is C26H26N6O2. The summed E-state index contributed by atoms with van der Waals surface area (Å²) in [6.07, 6.45) is 6.28. The first kappa shape index (κ1) is 21.6. The van der Waals surface area contributed by atoms with E-state index in [1.54, 1.807) is 12.5 Å². The van der Waals surface area contributed by atoms with Gasteiger partial charge in [-0.2, -0.15) is 5.10 Å². The molecule has 5 rings (SSSR count). The van der Waals surface area contributed by atoms with Crippen LogP contribution in [0, 0.1) is 13.8 Å². The lowest BCUT2D eigenvalue weighted by Crippen LogP contribution is -2.15. The van der Waals surface area contributed by atoms with Crippen molar-refractivity contribution >= 4 is 28.1 Å². The van der Waals surface area contributed by atoms with Crippen molar-refractivity contribution < 1.29 is 9.53 Å². The number of ether oxygens (including phenoxy) is 1. The fraction of sp³-hybridized carbons (Fsp3) is 0.231. The summed E-state index contributed by atoms with van der Waals surface area (Å²) in [5.41, 5.74) is 5.40. The number of carbonyl (C=O) groups is 1. The number of hydrogen-bond acceptors (Lipinski definition) is 5. The average Bonchev–Trinajstić information content (AvgIpc) is 3.48. The summed E-state index contributed by atoms with van der Waals surface area (Å²) in [7, 11) is 0. The second kappa shape index (κ2) is 9.35. The number of rotatable bonds is 8.